The van der Waals surface area contributed by atoms with E-state index in [1.165, 1.54) is 9.79 Å². The van der Waals surface area contributed by atoms with Crippen molar-refractivity contribution in [2.75, 3.05) is 0 Å². The summed E-state index contributed by atoms with van der Waals surface area (Å²) < 4.78 is 0. The number of nitrogens with zero attached hydrogens (tertiary/aromatic N) is 1. The molecule has 1 nitrogen and oxygen atoms in total. The molecule has 19 heavy (non-hydrogen) atoms. The van der Waals surface area contributed by atoms with E-state index in [0.717, 1.165) is 11.3 Å². The molecule has 1 heterocycles. The van der Waals surface area contributed by atoms with Crippen LogP contribution in [0.5, 0.6) is 0 Å². The van der Waals surface area contributed by atoms with Crippen LogP contribution < -0.4 is 0 Å². The molecule has 0 aliphatic rings. The van der Waals surface area contributed by atoms with Gasteiger partial charge in [-0.1, -0.05) is 48.2 Å². The molecule has 1 aromatic heterocycles. The minimum absolute atomic E-state index is 1.01. The maximum Gasteiger partial charge on any atom is 0.0701 e. The van der Waals surface area contributed by atoms with Gasteiger partial charge in [-0.05, 0) is 36.4 Å². The van der Waals surface area contributed by atoms with Crippen LogP contribution in [-0.4, -0.2) is 4.98 Å². The lowest BCUT2D eigenvalue weighted by Gasteiger charge is -2.03. The Balaban J connectivity index is 1.80. The number of hydrogen-bond donors (Lipinski definition) is 0. The third-order valence-corrected chi connectivity index (χ3v) is 3.81. The fourth-order valence-corrected chi connectivity index (χ4v) is 2.69. The molecule has 0 N–H and O–H groups in total. The van der Waals surface area contributed by atoms with E-state index in [9.17, 15) is 0 Å². The number of benzene rings is 2. The highest BCUT2D eigenvalue weighted by molar-refractivity contribution is 7.99. The van der Waals surface area contributed by atoms with Crippen molar-refractivity contribution < 1.29 is 0 Å². The molecular formula is C17H13NS. The molecule has 2 aromatic carbocycles. The smallest absolute Gasteiger partial charge is 0.0701 e. The Hall–Kier alpha value is -2.06. The first-order valence-corrected chi connectivity index (χ1v) is 6.98. The molecule has 2 heteroatoms. The zero-order valence-corrected chi connectivity index (χ0v) is 11.2. The molecule has 0 radical (unpaired) electrons. The minimum Gasteiger partial charge on any atom is -0.256 e. The maximum absolute atomic E-state index is 4.36. The lowest BCUT2D eigenvalue weighted by atomic mass is 10.1. The summed E-state index contributed by atoms with van der Waals surface area (Å²) in [5.74, 6) is 0. The summed E-state index contributed by atoms with van der Waals surface area (Å²) in [6.07, 6.45) is 1.82. The highest BCUT2D eigenvalue weighted by Gasteiger charge is 2.00. The van der Waals surface area contributed by atoms with Gasteiger partial charge in [0.25, 0.3) is 0 Å². The van der Waals surface area contributed by atoms with Gasteiger partial charge >= 0.3 is 0 Å². The van der Waals surface area contributed by atoms with Crippen LogP contribution in [0.4, 0.5) is 0 Å². The molecule has 0 atom stereocenters. The highest BCUT2D eigenvalue weighted by atomic mass is 32.2. The molecule has 0 saturated carbocycles. The van der Waals surface area contributed by atoms with Gasteiger partial charge in [-0.3, -0.25) is 4.98 Å². The first-order valence-electron chi connectivity index (χ1n) is 6.16. The summed E-state index contributed by atoms with van der Waals surface area (Å²) in [4.78, 5) is 6.85. The van der Waals surface area contributed by atoms with Crippen molar-refractivity contribution in [2.24, 2.45) is 0 Å². The Bertz CT molecular complexity index is 633. The largest absolute Gasteiger partial charge is 0.256 e. The molecule has 0 saturated heterocycles. The van der Waals surface area contributed by atoms with Crippen LogP contribution >= 0.6 is 11.8 Å². The highest BCUT2D eigenvalue weighted by Crippen LogP contribution is 2.28. The van der Waals surface area contributed by atoms with E-state index in [-0.39, 0.29) is 0 Å². The Morgan fingerprint density at radius 3 is 2.00 bits per heavy atom. The second kappa shape index (κ2) is 5.72. The molecule has 0 amide bonds. The number of aromatic nitrogens is 1. The van der Waals surface area contributed by atoms with Crippen molar-refractivity contribution in [2.45, 2.75) is 9.79 Å². The van der Waals surface area contributed by atoms with E-state index in [4.69, 9.17) is 0 Å². The quantitative estimate of drug-likeness (QED) is 0.666. The third-order valence-electron chi connectivity index (χ3n) is 2.79. The van der Waals surface area contributed by atoms with Crippen LogP contribution in [0.2, 0.25) is 0 Å². The van der Waals surface area contributed by atoms with E-state index in [1.54, 1.807) is 11.8 Å². The predicted octanol–water partition coefficient (Wildman–Crippen LogP) is 4.90. The fourth-order valence-electron chi connectivity index (χ4n) is 1.85. The molecule has 0 spiro atoms. The number of rotatable bonds is 3. The standard InChI is InChI=1S/C17H13NS/c1-2-6-15(7-3-1)19-16-11-9-14(10-12-16)17-8-4-5-13-18-17/h1-13H. The van der Waals surface area contributed by atoms with E-state index in [1.807, 2.05) is 30.5 Å². The molecular weight excluding hydrogens is 250 g/mol. The zero-order chi connectivity index (χ0) is 12.9. The Morgan fingerprint density at radius 1 is 0.632 bits per heavy atom. The van der Waals surface area contributed by atoms with Gasteiger partial charge < -0.3 is 0 Å². The van der Waals surface area contributed by atoms with E-state index in [0.29, 0.717) is 0 Å². The summed E-state index contributed by atoms with van der Waals surface area (Å²) in [6, 6.07) is 24.9. The summed E-state index contributed by atoms with van der Waals surface area (Å²) in [5, 5.41) is 0. The molecule has 92 valence electrons. The molecule has 0 unspecified atom stereocenters. The second-order valence-corrected chi connectivity index (χ2v) is 5.30. The first kappa shape index (κ1) is 12.0. The third kappa shape index (κ3) is 3.04. The summed E-state index contributed by atoms with van der Waals surface area (Å²) in [6.45, 7) is 0. The minimum atomic E-state index is 1.01. The van der Waals surface area contributed by atoms with Crippen molar-refractivity contribution in [3.05, 3.63) is 79.0 Å². The predicted molar refractivity (Wildman–Crippen MR) is 80.2 cm³/mol. The van der Waals surface area contributed by atoms with Crippen LogP contribution in [0, 0.1) is 0 Å². The van der Waals surface area contributed by atoms with Gasteiger partial charge in [0.2, 0.25) is 0 Å². The molecule has 0 aliphatic carbocycles. The van der Waals surface area contributed by atoms with Crippen molar-refractivity contribution in [1.29, 1.82) is 0 Å². The van der Waals surface area contributed by atoms with E-state index < -0.39 is 0 Å². The average molecular weight is 263 g/mol. The second-order valence-electron chi connectivity index (χ2n) is 4.15. The fraction of sp³-hybridized carbons (Fsp3) is 0. The van der Waals surface area contributed by atoms with Gasteiger partial charge in [-0.15, -0.1) is 0 Å². The van der Waals surface area contributed by atoms with Gasteiger partial charge in [0.15, 0.2) is 0 Å². The Labute approximate surface area is 117 Å². The Kier molecular flexibility index (Phi) is 3.61. The van der Waals surface area contributed by atoms with Crippen LogP contribution in [0.25, 0.3) is 11.3 Å². The van der Waals surface area contributed by atoms with Gasteiger partial charge in [0.1, 0.15) is 0 Å². The van der Waals surface area contributed by atoms with Crippen LogP contribution in [-0.2, 0) is 0 Å². The monoisotopic (exact) mass is 263 g/mol. The molecule has 3 rings (SSSR count). The summed E-state index contributed by atoms with van der Waals surface area (Å²) >= 11 is 1.77. The summed E-state index contributed by atoms with van der Waals surface area (Å²) in [7, 11) is 0. The first-order chi connectivity index (χ1) is 9.42. The van der Waals surface area contributed by atoms with Crippen molar-refractivity contribution in [3.63, 3.8) is 0 Å². The SMILES string of the molecule is c1ccc(Sc2ccc(-c3ccccn3)cc2)cc1. The Morgan fingerprint density at radius 2 is 1.32 bits per heavy atom. The number of pyridine rings is 1. The van der Waals surface area contributed by atoms with Gasteiger partial charge in [0, 0.05) is 21.6 Å². The average Bonchev–Trinajstić information content (AvgIpc) is 2.50. The molecule has 0 bridgehead atoms. The van der Waals surface area contributed by atoms with Gasteiger partial charge in [-0.2, -0.15) is 0 Å². The van der Waals surface area contributed by atoms with Crippen molar-refractivity contribution in [1.82, 2.24) is 4.98 Å². The van der Waals surface area contributed by atoms with Crippen molar-refractivity contribution >= 4 is 11.8 Å². The maximum atomic E-state index is 4.36. The van der Waals surface area contributed by atoms with Gasteiger partial charge in [-0.25, -0.2) is 0 Å². The lowest BCUT2D eigenvalue weighted by Crippen LogP contribution is -1.81. The molecule has 3 aromatic rings. The number of hydrogen-bond acceptors (Lipinski definition) is 2. The molecule has 0 fully saturated rings. The normalized spacial score (nSPS) is 10.3. The van der Waals surface area contributed by atoms with Crippen LogP contribution in [0.3, 0.4) is 0 Å². The van der Waals surface area contributed by atoms with E-state index in [2.05, 4.69) is 53.5 Å². The lowest BCUT2D eigenvalue weighted by molar-refractivity contribution is 1.31. The van der Waals surface area contributed by atoms with Crippen molar-refractivity contribution in [3.8, 4) is 11.3 Å². The molecule has 0 aliphatic heterocycles. The van der Waals surface area contributed by atoms with Crippen LogP contribution in [0.1, 0.15) is 0 Å². The van der Waals surface area contributed by atoms with Gasteiger partial charge in [0.05, 0.1) is 5.69 Å². The summed E-state index contributed by atoms with van der Waals surface area (Å²) in [5.41, 5.74) is 2.16. The zero-order valence-electron chi connectivity index (χ0n) is 10.4. The topological polar surface area (TPSA) is 12.9 Å². The van der Waals surface area contributed by atoms with E-state index >= 15 is 0 Å². The van der Waals surface area contributed by atoms with Crippen LogP contribution in [0.15, 0.2) is 88.8 Å².